The number of ether oxygens (including phenoxy) is 2. The van der Waals surface area contributed by atoms with Crippen LogP contribution in [0.15, 0.2) is 24.8 Å². The van der Waals surface area contributed by atoms with Crippen LogP contribution in [-0.4, -0.2) is 49.0 Å². The number of methoxy groups -OCH3 is 2. The first kappa shape index (κ1) is 16.3. The van der Waals surface area contributed by atoms with Gasteiger partial charge in [-0.05, 0) is 25.0 Å². The number of amides is 2. The number of nitrogens with one attached hydrogen (secondary N) is 1. The monoisotopic (exact) mass is 331 g/mol. The molecule has 0 bridgehead atoms. The molecule has 1 aliphatic carbocycles. The van der Waals surface area contributed by atoms with Crippen LogP contribution in [0.25, 0.3) is 0 Å². The lowest BCUT2D eigenvalue weighted by molar-refractivity contribution is -0.125. The van der Waals surface area contributed by atoms with E-state index in [1.807, 2.05) is 0 Å². The molecule has 24 heavy (non-hydrogen) atoms. The SMILES string of the molecule is C=CC(=O)N1CCC2(CC2C(=O)Nc2ccc(OC)nc2OC)C1. The summed E-state index contributed by atoms with van der Waals surface area (Å²) in [5.74, 6) is 0.508. The van der Waals surface area contributed by atoms with Gasteiger partial charge >= 0.3 is 0 Å². The zero-order valence-corrected chi connectivity index (χ0v) is 13.9. The van der Waals surface area contributed by atoms with Gasteiger partial charge in [-0.2, -0.15) is 4.98 Å². The summed E-state index contributed by atoms with van der Waals surface area (Å²) < 4.78 is 10.2. The fourth-order valence-electron chi connectivity index (χ4n) is 3.39. The first-order valence-corrected chi connectivity index (χ1v) is 7.84. The molecule has 2 atom stereocenters. The van der Waals surface area contributed by atoms with Crippen LogP contribution in [0.5, 0.6) is 11.8 Å². The smallest absolute Gasteiger partial charge is 0.245 e. The van der Waals surface area contributed by atoms with E-state index in [1.54, 1.807) is 17.0 Å². The first-order valence-electron chi connectivity index (χ1n) is 7.84. The Morgan fingerprint density at radius 1 is 1.42 bits per heavy atom. The lowest BCUT2D eigenvalue weighted by atomic mass is 10.0. The lowest BCUT2D eigenvalue weighted by Gasteiger charge is -2.14. The lowest BCUT2D eigenvalue weighted by Crippen LogP contribution is -2.28. The largest absolute Gasteiger partial charge is 0.481 e. The summed E-state index contributed by atoms with van der Waals surface area (Å²) >= 11 is 0. The Morgan fingerprint density at radius 3 is 2.88 bits per heavy atom. The van der Waals surface area contributed by atoms with Crippen molar-refractivity contribution in [2.24, 2.45) is 11.3 Å². The zero-order chi connectivity index (χ0) is 17.3. The summed E-state index contributed by atoms with van der Waals surface area (Å²) in [5, 5.41) is 2.88. The number of carbonyl (C=O) groups excluding carboxylic acids is 2. The molecular formula is C17H21N3O4. The highest BCUT2D eigenvalue weighted by Crippen LogP contribution is 2.58. The Hall–Kier alpha value is -2.57. The molecule has 1 saturated carbocycles. The molecule has 128 valence electrons. The van der Waals surface area contributed by atoms with E-state index >= 15 is 0 Å². The number of rotatable bonds is 5. The van der Waals surface area contributed by atoms with Crippen molar-refractivity contribution in [3.8, 4) is 11.8 Å². The number of aromatic nitrogens is 1. The van der Waals surface area contributed by atoms with Crippen LogP contribution in [0.3, 0.4) is 0 Å². The van der Waals surface area contributed by atoms with E-state index in [4.69, 9.17) is 9.47 Å². The summed E-state index contributed by atoms with van der Waals surface area (Å²) in [6, 6.07) is 3.38. The van der Waals surface area contributed by atoms with Crippen LogP contribution in [-0.2, 0) is 9.59 Å². The predicted molar refractivity (Wildman–Crippen MR) is 87.9 cm³/mol. The maximum atomic E-state index is 12.6. The highest BCUT2D eigenvalue weighted by Gasteiger charge is 2.61. The van der Waals surface area contributed by atoms with Crippen LogP contribution >= 0.6 is 0 Å². The zero-order valence-electron chi connectivity index (χ0n) is 13.9. The van der Waals surface area contributed by atoms with E-state index in [-0.39, 0.29) is 23.1 Å². The van der Waals surface area contributed by atoms with E-state index in [9.17, 15) is 9.59 Å². The van der Waals surface area contributed by atoms with Crippen molar-refractivity contribution in [3.63, 3.8) is 0 Å². The third-order valence-corrected chi connectivity index (χ3v) is 4.87. The van der Waals surface area contributed by atoms with Crippen molar-refractivity contribution in [2.75, 3.05) is 32.6 Å². The average Bonchev–Trinajstić information content (AvgIpc) is 3.14. The van der Waals surface area contributed by atoms with Gasteiger partial charge in [-0.25, -0.2) is 0 Å². The number of carbonyl (C=O) groups is 2. The fourth-order valence-corrected chi connectivity index (χ4v) is 3.39. The Balaban J connectivity index is 1.65. The van der Waals surface area contributed by atoms with Gasteiger partial charge in [-0.15, -0.1) is 0 Å². The van der Waals surface area contributed by atoms with Gasteiger partial charge in [0.1, 0.15) is 5.69 Å². The molecule has 2 aliphatic rings. The molecule has 2 fully saturated rings. The van der Waals surface area contributed by atoms with Gasteiger partial charge in [0.15, 0.2) is 0 Å². The van der Waals surface area contributed by atoms with Crippen LogP contribution < -0.4 is 14.8 Å². The fraction of sp³-hybridized carbons (Fsp3) is 0.471. The van der Waals surface area contributed by atoms with Crippen LogP contribution in [0.4, 0.5) is 5.69 Å². The van der Waals surface area contributed by atoms with Gasteiger partial charge in [-0.1, -0.05) is 6.58 Å². The third-order valence-electron chi connectivity index (χ3n) is 4.87. The van der Waals surface area contributed by atoms with Gasteiger partial charge in [-0.3, -0.25) is 9.59 Å². The second kappa shape index (κ2) is 6.14. The summed E-state index contributed by atoms with van der Waals surface area (Å²) in [5.41, 5.74) is 0.429. The molecular weight excluding hydrogens is 310 g/mol. The summed E-state index contributed by atoms with van der Waals surface area (Å²) in [4.78, 5) is 30.2. The predicted octanol–water partition coefficient (Wildman–Crippen LogP) is 1.46. The minimum absolute atomic E-state index is 0.0619. The summed E-state index contributed by atoms with van der Waals surface area (Å²) in [6.45, 7) is 4.82. The highest BCUT2D eigenvalue weighted by molar-refractivity contribution is 5.96. The minimum Gasteiger partial charge on any atom is -0.481 e. The average molecular weight is 331 g/mol. The van der Waals surface area contributed by atoms with Gasteiger partial charge in [0.25, 0.3) is 0 Å². The molecule has 7 nitrogen and oxygen atoms in total. The minimum atomic E-state index is -0.0908. The van der Waals surface area contributed by atoms with Crippen LogP contribution in [0, 0.1) is 11.3 Å². The van der Waals surface area contributed by atoms with Gasteiger partial charge < -0.3 is 19.7 Å². The van der Waals surface area contributed by atoms with Crippen molar-refractivity contribution in [2.45, 2.75) is 12.8 Å². The Bertz CT molecular complexity index is 690. The Labute approximate surface area is 140 Å². The molecule has 3 rings (SSSR count). The number of pyridine rings is 1. The Kier molecular flexibility index (Phi) is 4.17. The van der Waals surface area contributed by atoms with E-state index in [2.05, 4.69) is 16.9 Å². The Morgan fingerprint density at radius 2 is 2.21 bits per heavy atom. The van der Waals surface area contributed by atoms with E-state index < -0.39 is 0 Å². The number of nitrogens with zero attached hydrogens (tertiary/aromatic N) is 2. The summed E-state index contributed by atoms with van der Waals surface area (Å²) in [6.07, 6.45) is 2.97. The van der Waals surface area contributed by atoms with E-state index in [0.29, 0.717) is 30.5 Å². The molecule has 1 saturated heterocycles. The molecule has 1 spiro atoms. The molecule has 2 heterocycles. The van der Waals surface area contributed by atoms with Gasteiger partial charge in [0, 0.05) is 30.5 Å². The topological polar surface area (TPSA) is 80.8 Å². The molecule has 1 aromatic rings. The number of hydrogen-bond acceptors (Lipinski definition) is 5. The molecule has 1 aromatic heterocycles. The second-order valence-corrected chi connectivity index (χ2v) is 6.23. The first-order chi connectivity index (χ1) is 11.5. The molecule has 7 heteroatoms. The highest BCUT2D eigenvalue weighted by atomic mass is 16.5. The van der Waals surface area contributed by atoms with Crippen molar-refractivity contribution in [3.05, 3.63) is 24.8 Å². The molecule has 0 radical (unpaired) electrons. The quantitative estimate of drug-likeness (QED) is 0.826. The molecule has 2 unspecified atom stereocenters. The third kappa shape index (κ3) is 2.81. The molecule has 1 N–H and O–H groups in total. The van der Waals surface area contributed by atoms with E-state index in [1.165, 1.54) is 20.3 Å². The van der Waals surface area contributed by atoms with Crippen molar-refractivity contribution >= 4 is 17.5 Å². The second-order valence-electron chi connectivity index (χ2n) is 6.23. The number of likely N-dealkylation sites (tertiary alicyclic amines) is 1. The molecule has 1 aliphatic heterocycles. The molecule has 2 amide bonds. The van der Waals surface area contributed by atoms with E-state index in [0.717, 1.165) is 12.8 Å². The number of hydrogen-bond donors (Lipinski definition) is 1. The van der Waals surface area contributed by atoms with Crippen molar-refractivity contribution in [1.82, 2.24) is 9.88 Å². The molecule has 0 aromatic carbocycles. The van der Waals surface area contributed by atoms with Gasteiger partial charge in [0.2, 0.25) is 23.6 Å². The van der Waals surface area contributed by atoms with Crippen molar-refractivity contribution in [1.29, 1.82) is 0 Å². The maximum Gasteiger partial charge on any atom is 0.245 e. The van der Waals surface area contributed by atoms with Gasteiger partial charge in [0.05, 0.1) is 14.2 Å². The standard InChI is InChI=1S/C17H21N3O4/c1-4-14(21)20-8-7-17(10-20)9-11(17)15(22)18-12-5-6-13(23-2)19-16(12)24-3/h4-6,11H,1,7-10H2,2-3H3,(H,18,22). The van der Waals surface area contributed by atoms with Crippen LogP contribution in [0.1, 0.15) is 12.8 Å². The van der Waals surface area contributed by atoms with Crippen LogP contribution in [0.2, 0.25) is 0 Å². The maximum absolute atomic E-state index is 12.6. The normalized spacial score (nSPS) is 24.6. The summed E-state index contributed by atoms with van der Waals surface area (Å²) in [7, 11) is 3.01. The van der Waals surface area contributed by atoms with Crippen molar-refractivity contribution < 1.29 is 19.1 Å². The number of anilines is 1.